The monoisotopic (exact) mass is 648 g/mol. The van der Waals surface area contributed by atoms with E-state index in [0.29, 0.717) is 36.1 Å². The number of carbonyl (C=O) groups is 3. The van der Waals surface area contributed by atoms with Crippen LogP contribution in [0.4, 0.5) is 0 Å². The minimum absolute atomic E-state index is 0.164. The van der Waals surface area contributed by atoms with Crippen LogP contribution in [0.2, 0.25) is 0 Å². The molecule has 0 saturated carbocycles. The van der Waals surface area contributed by atoms with Gasteiger partial charge in [0.05, 0.1) is 14.2 Å². The van der Waals surface area contributed by atoms with Crippen LogP contribution in [0.25, 0.3) is 12.2 Å². The molecule has 0 aliphatic rings. The summed E-state index contributed by atoms with van der Waals surface area (Å²) in [4.78, 5) is 37.1. The van der Waals surface area contributed by atoms with Crippen molar-refractivity contribution in [3.05, 3.63) is 130 Å². The zero-order valence-corrected chi connectivity index (χ0v) is 27.6. The number of hydrogen-bond acceptors (Lipinski definition) is 7. The SMILES string of the molecule is COc1cc(/C=C/C(=O)/C=C/c2ccc(OCC(=O)NCc3ccc(C)cc3)c(OC)c2)ccc1OCC(=O)NCc1ccc(C)cc1. The molecule has 9 nitrogen and oxygen atoms in total. The molecular weight excluding hydrogens is 608 g/mol. The predicted octanol–water partition coefficient (Wildman–Crippen LogP) is 6.01. The van der Waals surface area contributed by atoms with E-state index < -0.39 is 0 Å². The number of amides is 2. The van der Waals surface area contributed by atoms with Crippen LogP contribution in [0, 0.1) is 13.8 Å². The van der Waals surface area contributed by atoms with Gasteiger partial charge in [-0.3, -0.25) is 14.4 Å². The summed E-state index contributed by atoms with van der Waals surface area (Å²) in [5.74, 6) is 0.955. The number of aryl methyl sites for hydroxylation is 2. The Labute approximate surface area is 281 Å². The molecular formula is C39H40N2O7. The highest BCUT2D eigenvalue weighted by Crippen LogP contribution is 2.29. The van der Waals surface area contributed by atoms with Gasteiger partial charge in [0.2, 0.25) is 0 Å². The topological polar surface area (TPSA) is 112 Å². The van der Waals surface area contributed by atoms with Gasteiger partial charge in [-0.15, -0.1) is 0 Å². The largest absolute Gasteiger partial charge is 0.493 e. The van der Waals surface area contributed by atoms with Gasteiger partial charge in [-0.1, -0.05) is 83.9 Å². The van der Waals surface area contributed by atoms with Crippen molar-refractivity contribution in [3.8, 4) is 23.0 Å². The summed E-state index contributed by atoms with van der Waals surface area (Å²) in [5.41, 5.74) is 5.75. The lowest BCUT2D eigenvalue weighted by Crippen LogP contribution is -2.28. The van der Waals surface area contributed by atoms with Crippen LogP contribution in [0.3, 0.4) is 0 Å². The van der Waals surface area contributed by atoms with E-state index in [1.54, 1.807) is 48.6 Å². The average molecular weight is 649 g/mol. The number of benzene rings is 4. The van der Waals surface area contributed by atoms with Crippen molar-refractivity contribution < 1.29 is 33.3 Å². The highest BCUT2D eigenvalue weighted by Gasteiger charge is 2.10. The summed E-state index contributed by atoms with van der Waals surface area (Å²) in [7, 11) is 3.01. The summed E-state index contributed by atoms with van der Waals surface area (Å²) in [5, 5.41) is 5.67. The van der Waals surface area contributed by atoms with Crippen LogP contribution in [-0.2, 0) is 27.5 Å². The first-order valence-corrected chi connectivity index (χ1v) is 15.4. The first-order chi connectivity index (χ1) is 23.2. The highest BCUT2D eigenvalue weighted by atomic mass is 16.5. The zero-order chi connectivity index (χ0) is 34.3. The van der Waals surface area contributed by atoms with Gasteiger partial charge >= 0.3 is 0 Å². The molecule has 4 aromatic rings. The van der Waals surface area contributed by atoms with E-state index in [9.17, 15) is 14.4 Å². The van der Waals surface area contributed by atoms with Gasteiger partial charge in [-0.05, 0) is 72.5 Å². The van der Waals surface area contributed by atoms with Gasteiger partial charge in [-0.25, -0.2) is 0 Å². The number of nitrogens with one attached hydrogen (secondary N) is 2. The molecule has 0 fully saturated rings. The Kier molecular flexibility index (Phi) is 13.0. The molecule has 0 saturated heterocycles. The predicted molar refractivity (Wildman–Crippen MR) is 186 cm³/mol. The van der Waals surface area contributed by atoms with Crippen molar-refractivity contribution in [3.63, 3.8) is 0 Å². The Bertz CT molecular complexity index is 1630. The maximum Gasteiger partial charge on any atom is 0.258 e. The maximum atomic E-state index is 12.6. The molecule has 0 atom stereocenters. The normalized spacial score (nSPS) is 10.9. The van der Waals surface area contributed by atoms with Gasteiger partial charge in [0.1, 0.15) is 0 Å². The molecule has 0 radical (unpaired) electrons. The molecule has 0 spiro atoms. The number of methoxy groups -OCH3 is 2. The van der Waals surface area contributed by atoms with E-state index in [2.05, 4.69) is 10.6 Å². The second-order valence-electron chi connectivity index (χ2n) is 11.0. The quantitative estimate of drug-likeness (QED) is 0.143. The third-order valence-electron chi connectivity index (χ3n) is 7.19. The minimum Gasteiger partial charge on any atom is -0.493 e. The van der Waals surface area contributed by atoms with Gasteiger partial charge < -0.3 is 29.6 Å². The van der Waals surface area contributed by atoms with E-state index in [-0.39, 0.29) is 30.8 Å². The molecule has 2 N–H and O–H groups in total. The van der Waals surface area contributed by atoms with E-state index in [1.165, 1.54) is 26.4 Å². The van der Waals surface area contributed by atoms with Crippen molar-refractivity contribution in [1.29, 1.82) is 0 Å². The van der Waals surface area contributed by atoms with Crippen LogP contribution in [-0.4, -0.2) is 45.0 Å². The average Bonchev–Trinajstić information content (AvgIpc) is 3.11. The van der Waals surface area contributed by atoms with Crippen LogP contribution in [0.1, 0.15) is 33.4 Å². The fraction of sp³-hybridized carbons (Fsp3) is 0.205. The van der Waals surface area contributed by atoms with Crippen LogP contribution in [0.5, 0.6) is 23.0 Å². The molecule has 48 heavy (non-hydrogen) atoms. The summed E-state index contributed by atoms with van der Waals surface area (Å²) in [6.45, 7) is 4.52. The lowest BCUT2D eigenvalue weighted by molar-refractivity contribution is -0.124. The van der Waals surface area contributed by atoms with E-state index in [4.69, 9.17) is 18.9 Å². The molecule has 0 aliphatic carbocycles. The zero-order valence-electron chi connectivity index (χ0n) is 27.6. The summed E-state index contributed by atoms with van der Waals surface area (Å²) in [6, 6.07) is 26.2. The van der Waals surface area contributed by atoms with Crippen LogP contribution < -0.4 is 29.6 Å². The Morgan fingerprint density at radius 1 is 0.562 bits per heavy atom. The van der Waals surface area contributed by atoms with E-state index >= 15 is 0 Å². The first-order valence-electron chi connectivity index (χ1n) is 15.4. The molecule has 0 aliphatic heterocycles. The van der Waals surface area contributed by atoms with Crippen molar-refractivity contribution in [1.82, 2.24) is 10.6 Å². The fourth-order valence-corrected chi connectivity index (χ4v) is 4.43. The van der Waals surface area contributed by atoms with Crippen LogP contribution in [0.15, 0.2) is 97.1 Å². The van der Waals surface area contributed by atoms with Crippen LogP contribution >= 0.6 is 0 Å². The lowest BCUT2D eigenvalue weighted by atomic mass is 10.1. The first kappa shape index (κ1) is 35.0. The van der Waals surface area contributed by atoms with E-state index in [0.717, 1.165) is 33.4 Å². The molecule has 0 unspecified atom stereocenters. The smallest absolute Gasteiger partial charge is 0.258 e. The lowest BCUT2D eigenvalue weighted by Gasteiger charge is -2.12. The van der Waals surface area contributed by atoms with Gasteiger partial charge in [0, 0.05) is 13.1 Å². The Morgan fingerprint density at radius 2 is 0.958 bits per heavy atom. The molecule has 4 aromatic carbocycles. The fourth-order valence-electron chi connectivity index (χ4n) is 4.43. The number of ketones is 1. The molecule has 248 valence electrons. The molecule has 0 bridgehead atoms. The summed E-state index contributed by atoms with van der Waals surface area (Å²) < 4.78 is 22.2. The standard InChI is InChI=1S/C39H40N2O7/c1-27-5-9-31(10-6-27)23-40-38(43)25-47-34-19-15-29(21-36(34)45-3)13-17-33(42)18-14-30-16-20-35(37(22-30)46-4)48-26-39(44)41-24-32-11-7-28(2)8-12-32/h5-22H,23-26H2,1-4H3,(H,40,43)(H,41,44)/b17-13+,18-14+. The number of carbonyl (C=O) groups excluding carboxylic acids is 3. The Balaban J connectivity index is 1.25. The van der Waals surface area contributed by atoms with Crippen molar-refractivity contribution in [2.75, 3.05) is 27.4 Å². The Hall–Kier alpha value is -5.83. The maximum absolute atomic E-state index is 12.6. The number of hydrogen-bond donors (Lipinski definition) is 2. The van der Waals surface area contributed by atoms with Crippen molar-refractivity contribution in [2.45, 2.75) is 26.9 Å². The Morgan fingerprint density at radius 3 is 1.33 bits per heavy atom. The number of allylic oxidation sites excluding steroid dienone is 2. The molecule has 2 amide bonds. The second-order valence-corrected chi connectivity index (χ2v) is 11.0. The third-order valence-corrected chi connectivity index (χ3v) is 7.19. The van der Waals surface area contributed by atoms with E-state index in [1.807, 2.05) is 62.4 Å². The summed E-state index contributed by atoms with van der Waals surface area (Å²) >= 11 is 0. The third kappa shape index (κ3) is 11.2. The number of ether oxygens (including phenoxy) is 4. The molecule has 9 heteroatoms. The van der Waals surface area contributed by atoms with Gasteiger partial charge in [0.25, 0.3) is 11.8 Å². The van der Waals surface area contributed by atoms with Gasteiger partial charge in [-0.2, -0.15) is 0 Å². The van der Waals surface area contributed by atoms with Crippen molar-refractivity contribution in [2.24, 2.45) is 0 Å². The molecule has 4 rings (SSSR count). The number of rotatable bonds is 16. The minimum atomic E-state index is -0.254. The summed E-state index contributed by atoms with van der Waals surface area (Å²) in [6.07, 6.45) is 6.20. The second kappa shape index (κ2) is 17.8. The molecule has 0 heterocycles. The highest BCUT2D eigenvalue weighted by molar-refractivity contribution is 6.04. The van der Waals surface area contributed by atoms with Crippen molar-refractivity contribution >= 4 is 29.7 Å². The van der Waals surface area contributed by atoms with Gasteiger partial charge in [0.15, 0.2) is 42.0 Å². The molecule has 0 aromatic heterocycles.